The Morgan fingerprint density at radius 3 is 2.56 bits per heavy atom. The molecule has 0 saturated carbocycles. The molecular weight excluding hydrogens is 200 g/mol. The number of hydrogen-bond donors (Lipinski definition) is 3. The number of phenolic OH excluding ortho intramolecular Hbond substituents is 1. The highest BCUT2D eigenvalue weighted by atomic mass is 16.3. The van der Waals surface area contributed by atoms with Crippen molar-refractivity contribution < 1.29 is 5.11 Å². The van der Waals surface area contributed by atoms with Gasteiger partial charge in [-0.3, -0.25) is 0 Å². The highest BCUT2D eigenvalue weighted by Gasteiger charge is 1.97. The molecule has 1 rings (SSSR count). The maximum atomic E-state index is 9.53. The first-order chi connectivity index (χ1) is 7.84. The second-order valence-corrected chi connectivity index (χ2v) is 4.01. The Balaban J connectivity index is 2.05. The van der Waals surface area contributed by atoms with Gasteiger partial charge in [0.05, 0.1) is 0 Å². The summed E-state index contributed by atoms with van der Waals surface area (Å²) in [5.74, 6) is 0.373. The van der Waals surface area contributed by atoms with Crippen molar-refractivity contribution in [2.45, 2.75) is 32.2 Å². The lowest BCUT2D eigenvalue weighted by Crippen LogP contribution is -2.14. The van der Waals surface area contributed by atoms with Crippen molar-refractivity contribution in [3.63, 3.8) is 0 Å². The van der Waals surface area contributed by atoms with Crippen LogP contribution in [0.3, 0.4) is 0 Å². The fraction of sp³-hybridized carbons (Fsp3) is 0.538. The number of unbranched alkanes of at least 4 members (excludes halogenated alkanes) is 3. The van der Waals surface area contributed by atoms with Crippen LogP contribution in [0.2, 0.25) is 0 Å². The van der Waals surface area contributed by atoms with Crippen LogP contribution in [0.15, 0.2) is 24.3 Å². The van der Waals surface area contributed by atoms with E-state index in [1.54, 1.807) is 6.07 Å². The first kappa shape index (κ1) is 13.0. The Morgan fingerprint density at radius 1 is 1.06 bits per heavy atom. The molecule has 0 saturated heterocycles. The lowest BCUT2D eigenvalue weighted by atomic mass is 10.2. The number of hydrogen-bond acceptors (Lipinski definition) is 3. The summed E-state index contributed by atoms with van der Waals surface area (Å²) in [6.45, 7) is 2.54. The van der Waals surface area contributed by atoms with Gasteiger partial charge in [-0.2, -0.15) is 0 Å². The quantitative estimate of drug-likeness (QED) is 0.590. The van der Waals surface area contributed by atoms with Crippen molar-refractivity contribution in [2.75, 3.05) is 13.1 Å². The number of rotatable bonds is 8. The molecule has 0 heterocycles. The predicted molar refractivity (Wildman–Crippen MR) is 67.3 cm³/mol. The summed E-state index contributed by atoms with van der Waals surface area (Å²) in [4.78, 5) is 0. The normalized spacial score (nSPS) is 10.6. The zero-order valence-electron chi connectivity index (χ0n) is 9.78. The summed E-state index contributed by atoms with van der Waals surface area (Å²) >= 11 is 0. The number of aromatic hydroxyl groups is 1. The monoisotopic (exact) mass is 222 g/mol. The van der Waals surface area contributed by atoms with Gasteiger partial charge in [-0.05, 0) is 32.0 Å². The minimum atomic E-state index is 0.373. The van der Waals surface area contributed by atoms with E-state index in [2.05, 4.69) is 5.32 Å². The average Bonchev–Trinajstić information content (AvgIpc) is 2.30. The van der Waals surface area contributed by atoms with Gasteiger partial charge in [0.25, 0.3) is 0 Å². The number of para-hydroxylation sites is 1. The van der Waals surface area contributed by atoms with Gasteiger partial charge in [0.1, 0.15) is 5.75 Å². The van der Waals surface area contributed by atoms with Gasteiger partial charge in [0.2, 0.25) is 0 Å². The van der Waals surface area contributed by atoms with E-state index in [4.69, 9.17) is 5.73 Å². The lowest BCUT2D eigenvalue weighted by Gasteiger charge is -2.06. The maximum Gasteiger partial charge on any atom is 0.120 e. The average molecular weight is 222 g/mol. The summed E-state index contributed by atoms with van der Waals surface area (Å²) in [7, 11) is 0. The largest absolute Gasteiger partial charge is 0.508 e. The molecule has 0 atom stereocenters. The third-order valence-corrected chi connectivity index (χ3v) is 2.61. The fourth-order valence-corrected chi connectivity index (χ4v) is 1.63. The molecule has 0 aromatic heterocycles. The van der Waals surface area contributed by atoms with E-state index in [9.17, 15) is 5.11 Å². The summed E-state index contributed by atoms with van der Waals surface area (Å²) in [5, 5.41) is 12.9. The molecule has 90 valence electrons. The van der Waals surface area contributed by atoms with Crippen molar-refractivity contribution >= 4 is 0 Å². The number of nitrogens with two attached hydrogens (primary N) is 1. The molecule has 3 heteroatoms. The van der Waals surface area contributed by atoms with Gasteiger partial charge in [-0.1, -0.05) is 31.0 Å². The van der Waals surface area contributed by atoms with Crippen molar-refractivity contribution in [2.24, 2.45) is 5.73 Å². The smallest absolute Gasteiger partial charge is 0.120 e. The summed E-state index contributed by atoms with van der Waals surface area (Å²) in [6, 6.07) is 7.44. The maximum absolute atomic E-state index is 9.53. The third-order valence-electron chi connectivity index (χ3n) is 2.61. The molecule has 16 heavy (non-hydrogen) atoms. The first-order valence-corrected chi connectivity index (χ1v) is 6.02. The molecule has 0 spiro atoms. The Hall–Kier alpha value is -1.06. The van der Waals surface area contributed by atoms with Crippen LogP contribution in [-0.2, 0) is 6.54 Å². The van der Waals surface area contributed by atoms with Gasteiger partial charge in [0.15, 0.2) is 0 Å². The highest BCUT2D eigenvalue weighted by Crippen LogP contribution is 2.14. The van der Waals surface area contributed by atoms with E-state index in [0.717, 1.165) is 31.6 Å². The standard InChI is InChI=1S/C13H22N2O/c14-9-5-1-2-6-10-15-11-12-7-3-4-8-13(12)16/h3-4,7-8,15-16H,1-2,5-6,9-11,14H2. The zero-order chi connectivity index (χ0) is 11.6. The molecule has 4 N–H and O–H groups in total. The minimum Gasteiger partial charge on any atom is -0.508 e. The molecule has 0 unspecified atom stereocenters. The topological polar surface area (TPSA) is 58.3 Å². The number of nitrogens with one attached hydrogen (secondary N) is 1. The third kappa shape index (κ3) is 5.14. The van der Waals surface area contributed by atoms with Crippen LogP contribution < -0.4 is 11.1 Å². The molecule has 0 aliphatic heterocycles. The number of phenols is 1. The van der Waals surface area contributed by atoms with E-state index >= 15 is 0 Å². The van der Waals surface area contributed by atoms with Gasteiger partial charge < -0.3 is 16.2 Å². The Kier molecular flexibility index (Phi) is 6.61. The molecule has 1 aromatic carbocycles. The van der Waals surface area contributed by atoms with E-state index < -0.39 is 0 Å². The van der Waals surface area contributed by atoms with Crippen molar-refractivity contribution in [3.05, 3.63) is 29.8 Å². The molecule has 0 aliphatic carbocycles. The molecule has 0 amide bonds. The van der Waals surface area contributed by atoms with Crippen LogP contribution in [-0.4, -0.2) is 18.2 Å². The molecule has 0 radical (unpaired) electrons. The number of benzene rings is 1. The Bertz CT molecular complexity index is 289. The van der Waals surface area contributed by atoms with Gasteiger partial charge in [0, 0.05) is 12.1 Å². The van der Waals surface area contributed by atoms with E-state index in [0.29, 0.717) is 5.75 Å². The fourth-order valence-electron chi connectivity index (χ4n) is 1.63. The molecular formula is C13H22N2O. The molecule has 0 bridgehead atoms. The minimum absolute atomic E-state index is 0.373. The molecule has 0 fully saturated rings. The summed E-state index contributed by atoms with van der Waals surface area (Å²) in [5.41, 5.74) is 6.38. The molecule has 0 aliphatic rings. The van der Waals surface area contributed by atoms with Crippen LogP contribution in [0.4, 0.5) is 0 Å². The van der Waals surface area contributed by atoms with Gasteiger partial charge in [-0.15, -0.1) is 0 Å². The van der Waals surface area contributed by atoms with Crippen molar-refractivity contribution in [3.8, 4) is 5.75 Å². The van der Waals surface area contributed by atoms with Crippen LogP contribution in [0.25, 0.3) is 0 Å². The van der Waals surface area contributed by atoms with Crippen LogP contribution in [0.5, 0.6) is 5.75 Å². The van der Waals surface area contributed by atoms with Crippen molar-refractivity contribution in [1.29, 1.82) is 0 Å². The SMILES string of the molecule is NCCCCCCNCc1ccccc1O. The second-order valence-electron chi connectivity index (χ2n) is 4.01. The van der Waals surface area contributed by atoms with Crippen LogP contribution in [0.1, 0.15) is 31.2 Å². The molecule has 1 aromatic rings. The van der Waals surface area contributed by atoms with E-state index in [1.807, 2.05) is 18.2 Å². The van der Waals surface area contributed by atoms with Gasteiger partial charge >= 0.3 is 0 Å². The Labute approximate surface area is 97.7 Å². The van der Waals surface area contributed by atoms with Crippen molar-refractivity contribution in [1.82, 2.24) is 5.32 Å². The Morgan fingerprint density at radius 2 is 1.81 bits per heavy atom. The van der Waals surface area contributed by atoms with Crippen LogP contribution in [0, 0.1) is 0 Å². The van der Waals surface area contributed by atoms with E-state index in [1.165, 1.54) is 19.3 Å². The highest BCUT2D eigenvalue weighted by molar-refractivity contribution is 5.31. The summed E-state index contributed by atoms with van der Waals surface area (Å²) in [6.07, 6.45) is 4.74. The van der Waals surface area contributed by atoms with Gasteiger partial charge in [-0.25, -0.2) is 0 Å². The second kappa shape index (κ2) is 8.13. The predicted octanol–water partition coefficient (Wildman–Crippen LogP) is 2.00. The van der Waals surface area contributed by atoms with Crippen LogP contribution >= 0.6 is 0 Å². The van der Waals surface area contributed by atoms with E-state index in [-0.39, 0.29) is 0 Å². The summed E-state index contributed by atoms with van der Waals surface area (Å²) < 4.78 is 0. The lowest BCUT2D eigenvalue weighted by molar-refractivity contribution is 0.463. The first-order valence-electron chi connectivity index (χ1n) is 6.02. The molecule has 3 nitrogen and oxygen atoms in total. The zero-order valence-corrected chi connectivity index (χ0v) is 9.78.